The normalized spacial score (nSPS) is 11.3. The summed E-state index contributed by atoms with van der Waals surface area (Å²) in [4.78, 5) is 0. The number of hydrogen-bond donors (Lipinski definition) is 0. The molecule has 4 aromatic carbocycles. The lowest BCUT2D eigenvalue weighted by Crippen LogP contribution is -2.75. The largest absolute Gasteiger partial charge is 0.195 e. The van der Waals surface area contributed by atoms with Gasteiger partial charge >= 0.3 is 0 Å². The molecule has 1 heteroatoms. The van der Waals surface area contributed by atoms with Gasteiger partial charge in [0.05, 0.1) is 0 Å². The molecule has 0 atom stereocenters. The van der Waals surface area contributed by atoms with Gasteiger partial charge in [0, 0.05) is 0 Å². The maximum Gasteiger partial charge on any atom is 0.108 e. The molecule has 0 aliphatic carbocycles. The predicted octanol–water partition coefficient (Wildman–Crippen LogP) is 3.63. The Balaban J connectivity index is 2.17. The van der Waals surface area contributed by atoms with E-state index in [-0.39, 0.29) is 0 Å². The van der Waals surface area contributed by atoms with Gasteiger partial charge in [0.15, 0.2) is 0 Å². The molecule has 0 aliphatic rings. The van der Waals surface area contributed by atoms with Crippen molar-refractivity contribution in [1.82, 2.24) is 0 Å². The van der Waals surface area contributed by atoms with Gasteiger partial charge in [-0.2, -0.15) is 21.9 Å². The molecule has 0 nitrogen and oxygen atoms in total. The number of benzene rings is 4. The van der Waals surface area contributed by atoms with Crippen LogP contribution in [0.4, 0.5) is 0 Å². The number of rotatable bonds is 5. The van der Waals surface area contributed by atoms with Gasteiger partial charge in [0.2, 0.25) is 0 Å². The monoisotopic (exact) mass is 347 g/mol. The van der Waals surface area contributed by atoms with Gasteiger partial charge in [-0.25, -0.2) is 0 Å². The lowest BCUT2D eigenvalue weighted by atomic mass is 9.12. The minimum absolute atomic E-state index is 1.02. The van der Waals surface area contributed by atoms with Crippen LogP contribution in [0.2, 0.25) is 0 Å². The summed E-state index contributed by atoms with van der Waals surface area (Å²) in [5, 5.41) is 0. The lowest BCUT2D eigenvalue weighted by Gasteiger charge is -2.45. The second-order valence-corrected chi connectivity index (χ2v) is 7.15. The third-order valence-electron chi connectivity index (χ3n) is 5.80. The van der Waals surface area contributed by atoms with Gasteiger partial charge < -0.3 is 0 Å². The fourth-order valence-corrected chi connectivity index (χ4v) is 4.62. The molecule has 0 amide bonds. The SMILES string of the molecule is CCc1ccccc1[B-](c1ccccc1)(c1ccccc1)c1ccccc1. The van der Waals surface area contributed by atoms with Gasteiger partial charge in [-0.3, -0.25) is 0 Å². The van der Waals surface area contributed by atoms with Crippen molar-refractivity contribution in [3.05, 3.63) is 121 Å². The Morgan fingerprint density at radius 3 is 1.26 bits per heavy atom. The van der Waals surface area contributed by atoms with E-state index in [0.717, 1.165) is 6.42 Å². The molecule has 0 aliphatic heterocycles. The van der Waals surface area contributed by atoms with Crippen LogP contribution in [0.5, 0.6) is 0 Å². The molecule has 0 heterocycles. The van der Waals surface area contributed by atoms with Crippen molar-refractivity contribution in [2.45, 2.75) is 13.3 Å². The summed E-state index contributed by atoms with van der Waals surface area (Å²) in [5.41, 5.74) is 6.90. The van der Waals surface area contributed by atoms with Crippen molar-refractivity contribution >= 4 is 28.0 Å². The molecule has 0 aromatic heterocycles. The van der Waals surface area contributed by atoms with Crippen LogP contribution in [-0.2, 0) is 6.42 Å². The van der Waals surface area contributed by atoms with Gasteiger partial charge in [-0.05, 0) is 6.42 Å². The van der Waals surface area contributed by atoms with E-state index >= 15 is 0 Å². The molecule has 4 aromatic rings. The van der Waals surface area contributed by atoms with Crippen LogP contribution >= 0.6 is 0 Å². The van der Waals surface area contributed by atoms with E-state index in [1.165, 1.54) is 27.4 Å². The van der Waals surface area contributed by atoms with E-state index in [2.05, 4.69) is 122 Å². The fourth-order valence-electron chi connectivity index (χ4n) is 4.62. The van der Waals surface area contributed by atoms with Crippen molar-refractivity contribution in [2.75, 3.05) is 0 Å². The van der Waals surface area contributed by atoms with Crippen LogP contribution in [0.15, 0.2) is 115 Å². The standard InChI is InChI=1S/C26H24B/c1-2-22-14-12-13-21-26(22)27(23-15-6-3-7-16-23,24-17-8-4-9-18-24)25-19-10-5-11-20-25/h3-21H,2H2,1H3/q-1. The smallest absolute Gasteiger partial charge is 0.108 e. The Bertz CT molecular complexity index is 895. The van der Waals surface area contributed by atoms with E-state index in [0.29, 0.717) is 0 Å². The summed E-state index contributed by atoms with van der Waals surface area (Å²) in [6.45, 7) is 2.25. The van der Waals surface area contributed by atoms with Crippen LogP contribution in [0.1, 0.15) is 12.5 Å². The highest BCUT2D eigenvalue weighted by atomic mass is 14.1. The quantitative estimate of drug-likeness (QED) is 0.484. The minimum atomic E-state index is -1.25. The van der Waals surface area contributed by atoms with Crippen molar-refractivity contribution < 1.29 is 0 Å². The third-order valence-corrected chi connectivity index (χ3v) is 5.80. The van der Waals surface area contributed by atoms with Gasteiger partial charge in [0.1, 0.15) is 6.15 Å². The first kappa shape index (κ1) is 17.4. The highest BCUT2D eigenvalue weighted by Gasteiger charge is 2.32. The first-order valence-corrected chi connectivity index (χ1v) is 9.77. The number of aryl methyl sites for hydroxylation is 1. The first-order chi connectivity index (χ1) is 13.4. The molecule has 27 heavy (non-hydrogen) atoms. The molecule has 0 unspecified atom stereocenters. The van der Waals surface area contributed by atoms with E-state index in [9.17, 15) is 0 Å². The molecule has 0 N–H and O–H groups in total. The van der Waals surface area contributed by atoms with Crippen molar-refractivity contribution in [3.63, 3.8) is 0 Å². The molecule has 0 saturated heterocycles. The highest BCUT2D eigenvalue weighted by Crippen LogP contribution is 2.12. The van der Waals surface area contributed by atoms with Crippen LogP contribution in [0.3, 0.4) is 0 Å². The van der Waals surface area contributed by atoms with Gasteiger partial charge in [-0.1, -0.05) is 128 Å². The Morgan fingerprint density at radius 2 is 0.852 bits per heavy atom. The fraction of sp³-hybridized carbons (Fsp3) is 0.0769. The van der Waals surface area contributed by atoms with Crippen LogP contribution in [-0.4, -0.2) is 6.15 Å². The third kappa shape index (κ3) is 3.00. The maximum atomic E-state index is 2.33. The average molecular weight is 347 g/mol. The predicted molar refractivity (Wildman–Crippen MR) is 119 cm³/mol. The molecule has 4 rings (SSSR count). The first-order valence-electron chi connectivity index (χ1n) is 9.77. The van der Waals surface area contributed by atoms with Crippen molar-refractivity contribution in [1.29, 1.82) is 0 Å². The van der Waals surface area contributed by atoms with Gasteiger partial charge in [0.25, 0.3) is 0 Å². The van der Waals surface area contributed by atoms with Crippen molar-refractivity contribution in [3.8, 4) is 0 Å². The maximum absolute atomic E-state index is 2.33. The molecule has 0 spiro atoms. The zero-order chi connectivity index (χ0) is 18.5. The summed E-state index contributed by atoms with van der Waals surface area (Å²) in [5.74, 6) is 0. The second-order valence-electron chi connectivity index (χ2n) is 7.15. The zero-order valence-corrected chi connectivity index (χ0v) is 15.8. The Morgan fingerprint density at radius 1 is 0.481 bits per heavy atom. The Hall–Kier alpha value is -3.06. The minimum Gasteiger partial charge on any atom is -0.195 e. The summed E-state index contributed by atoms with van der Waals surface area (Å²) in [6.07, 6.45) is -0.230. The molecular weight excluding hydrogens is 323 g/mol. The number of hydrogen-bond acceptors (Lipinski definition) is 0. The van der Waals surface area contributed by atoms with E-state index < -0.39 is 6.15 Å². The average Bonchev–Trinajstić information content (AvgIpc) is 2.77. The topological polar surface area (TPSA) is 0 Å². The second kappa shape index (κ2) is 7.67. The zero-order valence-electron chi connectivity index (χ0n) is 15.8. The molecule has 132 valence electrons. The van der Waals surface area contributed by atoms with Crippen LogP contribution in [0, 0.1) is 0 Å². The van der Waals surface area contributed by atoms with E-state index in [1.54, 1.807) is 0 Å². The Kier molecular flexibility index (Phi) is 4.94. The molecular formula is C26H24B-. The van der Waals surface area contributed by atoms with Crippen LogP contribution in [0.25, 0.3) is 0 Å². The molecule has 0 bridgehead atoms. The molecule has 0 radical (unpaired) electrons. The summed E-state index contributed by atoms with van der Waals surface area (Å²) in [6, 6.07) is 41.9. The Labute approximate surface area is 162 Å². The summed E-state index contributed by atoms with van der Waals surface area (Å²) >= 11 is 0. The molecule has 0 saturated carbocycles. The van der Waals surface area contributed by atoms with E-state index in [1.807, 2.05) is 0 Å². The molecule has 0 fully saturated rings. The van der Waals surface area contributed by atoms with Crippen molar-refractivity contribution in [2.24, 2.45) is 0 Å². The lowest BCUT2D eigenvalue weighted by molar-refractivity contribution is 1.15. The highest BCUT2D eigenvalue weighted by molar-refractivity contribution is 7.20. The van der Waals surface area contributed by atoms with E-state index in [4.69, 9.17) is 0 Å². The summed E-state index contributed by atoms with van der Waals surface area (Å²) in [7, 11) is 0. The van der Waals surface area contributed by atoms with Crippen LogP contribution < -0.4 is 21.9 Å². The van der Waals surface area contributed by atoms with Gasteiger partial charge in [-0.15, -0.1) is 0 Å². The summed E-state index contributed by atoms with van der Waals surface area (Å²) < 4.78 is 0.